The summed E-state index contributed by atoms with van der Waals surface area (Å²) in [6.45, 7) is 7.28. The quantitative estimate of drug-likeness (QED) is 0.135. The summed E-state index contributed by atoms with van der Waals surface area (Å²) < 4.78 is 0. The van der Waals surface area contributed by atoms with E-state index in [4.69, 9.17) is 46.4 Å². The maximum atomic E-state index is 10.2. The van der Waals surface area contributed by atoms with E-state index >= 15 is 0 Å². The molecule has 40 heavy (non-hydrogen) atoms. The lowest BCUT2D eigenvalue weighted by atomic mass is 9.76. The molecule has 0 aliphatic rings. The van der Waals surface area contributed by atoms with Crippen molar-refractivity contribution in [3.05, 3.63) is 103 Å². The van der Waals surface area contributed by atoms with Crippen molar-refractivity contribution < 1.29 is 30.6 Å². The van der Waals surface area contributed by atoms with E-state index in [0.717, 1.165) is 11.1 Å². The molecule has 0 radical (unpaired) electrons. The third-order valence-electron chi connectivity index (χ3n) is 6.79. The number of benzene rings is 4. The summed E-state index contributed by atoms with van der Waals surface area (Å²) >= 11 is 23.6. The molecule has 0 amide bonds. The van der Waals surface area contributed by atoms with Gasteiger partial charge in [0, 0.05) is 22.0 Å². The van der Waals surface area contributed by atoms with Crippen molar-refractivity contribution in [2.45, 2.75) is 38.5 Å². The van der Waals surface area contributed by atoms with E-state index in [1.807, 2.05) is 24.3 Å². The lowest BCUT2D eigenvalue weighted by Crippen LogP contribution is -2.20. The number of hydrogen-bond acceptors (Lipinski definition) is 6. The van der Waals surface area contributed by atoms with Crippen LogP contribution in [-0.2, 0) is 10.8 Å². The van der Waals surface area contributed by atoms with E-state index in [2.05, 4.69) is 13.8 Å². The number of hydrogen-bond donors (Lipinski definition) is 6. The van der Waals surface area contributed by atoms with E-state index in [0.29, 0.717) is 0 Å². The minimum atomic E-state index is -1.33. The van der Waals surface area contributed by atoms with Gasteiger partial charge in [-0.05, 0) is 47.5 Å². The number of phenols is 6. The smallest absolute Gasteiger partial charge is 0.142 e. The van der Waals surface area contributed by atoms with Crippen LogP contribution in [0.15, 0.2) is 60.7 Å². The molecular weight excluding hydrogens is 598 g/mol. The van der Waals surface area contributed by atoms with Crippen LogP contribution >= 0.6 is 46.4 Å². The molecule has 0 aromatic heterocycles. The second kappa shape index (κ2) is 11.8. The zero-order valence-corrected chi connectivity index (χ0v) is 25.0. The van der Waals surface area contributed by atoms with E-state index in [1.165, 1.54) is 26.0 Å². The average Bonchev–Trinajstić information content (AvgIpc) is 2.87. The lowest BCUT2D eigenvalue weighted by Gasteiger charge is -2.30. The fourth-order valence-corrected chi connectivity index (χ4v) is 5.36. The molecule has 0 aliphatic carbocycles. The Balaban J connectivity index is 0.000000230. The van der Waals surface area contributed by atoms with Crippen LogP contribution in [0.25, 0.3) is 0 Å². The summed E-state index contributed by atoms with van der Waals surface area (Å²) in [6, 6.07) is 16.8. The number of aromatic hydroxyl groups is 6. The third-order valence-corrected chi connectivity index (χ3v) is 7.94. The van der Waals surface area contributed by atoms with Gasteiger partial charge in [0.25, 0.3) is 0 Å². The predicted molar refractivity (Wildman–Crippen MR) is 160 cm³/mol. The van der Waals surface area contributed by atoms with Gasteiger partial charge in [-0.2, -0.15) is 0 Å². The molecular formula is C30H28Cl4O6. The van der Waals surface area contributed by atoms with E-state index < -0.39 is 28.4 Å². The van der Waals surface area contributed by atoms with Crippen LogP contribution in [0.4, 0.5) is 0 Å². The first-order valence-corrected chi connectivity index (χ1v) is 13.4. The van der Waals surface area contributed by atoms with Crippen LogP contribution in [0.2, 0.25) is 20.1 Å². The normalized spacial score (nSPS) is 11.6. The van der Waals surface area contributed by atoms with Crippen LogP contribution in [0.5, 0.6) is 34.5 Å². The number of phenolic OH excluding ortho intramolecular Hbond substituents is 6. The fourth-order valence-electron chi connectivity index (χ4n) is 4.43. The van der Waals surface area contributed by atoms with Gasteiger partial charge in [0.1, 0.15) is 34.5 Å². The van der Waals surface area contributed by atoms with Gasteiger partial charge < -0.3 is 30.6 Å². The predicted octanol–water partition coefficient (Wildman–Crippen LogP) is 8.87. The zero-order chi connectivity index (χ0) is 30.2. The number of rotatable bonds is 4. The van der Waals surface area contributed by atoms with Crippen molar-refractivity contribution in [1.82, 2.24) is 0 Å². The highest BCUT2D eigenvalue weighted by molar-refractivity contribution is 6.37. The van der Waals surface area contributed by atoms with Gasteiger partial charge in [0.05, 0.1) is 20.1 Å². The molecule has 4 aromatic carbocycles. The van der Waals surface area contributed by atoms with Gasteiger partial charge in [-0.25, -0.2) is 0 Å². The Labute approximate surface area is 252 Å². The van der Waals surface area contributed by atoms with Crippen molar-refractivity contribution in [2.24, 2.45) is 0 Å². The monoisotopic (exact) mass is 624 g/mol. The van der Waals surface area contributed by atoms with Crippen LogP contribution in [-0.4, -0.2) is 30.6 Å². The standard InChI is InChI=1S/C15H12Cl4O4.C15H16O2/c1-15(2,9-11(20)5(16)3-6(17)12(9)21)10-13(22)7(18)4-8(19)14(10)23;1-15(2,11-3-7-13(16)8-4-11)12-5-9-14(17)10-6-12/h3-4,20-23H,1-2H3;3-10,16-17H,1-2H3. The van der Waals surface area contributed by atoms with E-state index in [1.54, 1.807) is 24.3 Å². The van der Waals surface area contributed by atoms with Gasteiger partial charge >= 0.3 is 0 Å². The van der Waals surface area contributed by atoms with Crippen molar-refractivity contribution >= 4 is 46.4 Å². The molecule has 0 unspecified atom stereocenters. The van der Waals surface area contributed by atoms with Crippen molar-refractivity contribution in [3.63, 3.8) is 0 Å². The summed E-state index contributed by atoms with van der Waals surface area (Å²) in [6.07, 6.45) is 0. The van der Waals surface area contributed by atoms with Gasteiger partial charge in [-0.15, -0.1) is 0 Å². The molecule has 0 fully saturated rings. The Bertz CT molecular complexity index is 1370. The molecule has 0 atom stereocenters. The molecule has 6 N–H and O–H groups in total. The third kappa shape index (κ3) is 6.11. The molecule has 0 aliphatic heterocycles. The maximum Gasteiger partial charge on any atom is 0.142 e. The zero-order valence-electron chi connectivity index (χ0n) is 22.0. The second-order valence-electron chi connectivity index (χ2n) is 10.2. The first-order chi connectivity index (χ1) is 18.5. The highest BCUT2D eigenvalue weighted by Gasteiger charge is 2.37. The van der Waals surface area contributed by atoms with Gasteiger partial charge in [-0.1, -0.05) is 98.4 Å². The first-order valence-electron chi connectivity index (χ1n) is 11.9. The van der Waals surface area contributed by atoms with Crippen LogP contribution < -0.4 is 0 Å². The molecule has 0 saturated heterocycles. The van der Waals surface area contributed by atoms with Crippen molar-refractivity contribution in [1.29, 1.82) is 0 Å². The van der Waals surface area contributed by atoms with E-state index in [-0.39, 0.29) is 48.1 Å². The van der Waals surface area contributed by atoms with Crippen LogP contribution in [0.3, 0.4) is 0 Å². The molecule has 0 saturated carbocycles. The Hall–Kier alpha value is -3.16. The SMILES string of the molecule is CC(C)(c1c(O)c(Cl)cc(Cl)c1O)c1c(O)c(Cl)cc(Cl)c1O.CC(C)(c1ccc(O)cc1)c1ccc(O)cc1. The Kier molecular flexibility index (Phi) is 9.22. The highest BCUT2D eigenvalue weighted by Crippen LogP contribution is 2.54. The summed E-state index contributed by atoms with van der Waals surface area (Å²) in [4.78, 5) is 0. The Morgan fingerprint density at radius 2 is 0.675 bits per heavy atom. The van der Waals surface area contributed by atoms with Crippen molar-refractivity contribution in [2.75, 3.05) is 0 Å². The molecule has 6 nitrogen and oxygen atoms in total. The molecule has 0 bridgehead atoms. The fraction of sp³-hybridized carbons (Fsp3) is 0.200. The summed E-state index contributed by atoms with van der Waals surface area (Å²) in [5, 5.41) is 59.2. The maximum absolute atomic E-state index is 10.2. The van der Waals surface area contributed by atoms with Gasteiger partial charge in [-0.3, -0.25) is 0 Å². The number of halogens is 4. The van der Waals surface area contributed by atoms with Crippen LogP contribution in [0.1, 0.15) is 49.9 Å². The summed E-state index contributed by atoms with van der Waals surface area (Å²) in [5.74, 6) is -1.20. The minimum Gasteiger partial charge on any atom is -0.508 e. The average molecular weight is 626 g/mol. The second-order valence-corrected chi connectivity index (χ2v) is 11.8. The van der Waals surface area contributed by atoms with Crippen molar-refractivity contribution in [3.8, 4) is 34.5 Å². The molecule has 10 heteroatoms. The van der Waals surface area contributed by atoms with Crippen LogP contribution in [0, 0.1) is 0 Å². The largest absolute Gasteiger partial charge is 0.508 e. The Morgan fingerprint density at radius 3 is 0.925 bits per heavy atom. The molecule has 0 spiro atoms. The highest BCUT2D eigenvalue weighted by atomic mass is 35.5. The molecule has 0 heterocycles. The summed E-state index contributed by atoms with van der Waals surface area (Å²) in [5.41, 5.74) is 0.604. The van der Waals surface area contributed by atoms with Gasteiger partial charge in [0.15, 0.2) is 0 Å². The van der Waals surface area contributed by atoms with E-state index in [9.17, 15) is 30.6 Å². The Morgan fingerprint density at radius 1 is 0.425 bits per heavy atom. The minimum absolute atomic E-state index is 0.0843. The lowest BCUT2D eigenvalue weighted by molar-refractivity contribution is 0.393. The first kappa shape index (κ1) is 31.4. The summed E-state index contributed by atoms with van der Waals surface area (Å²) in [7, 11) is 0. The topological polar surface area (TPSA) is 121 Å². The molecule has 4 rings (SSSR count). The molecule has 4 aromatic rings. The molecule has 212 valence electrons. The van der Waals surface area contributed by atoms with Gasteiger partial charge in [0.2, 0.25) is 0 Å².